The van der Waals surface area contributed by atoms with Crippen LogP contribution in [-0.2, 0) is 4.74 Å². The summed E-state index contributed by atoms with van der Waals surface area (Å²) in [7, 11) is 1.70. The molecule has 1 aromatic rings. The highest BCUT2D eigenvalue weighted by Crippen LogP contribution is 2.16. The summed E-state index contributed by atoms with van der Waals surface area (Å²) >= 11 is 0. The van der Waals surface area contributed by atoms with Crippen molar-refractivity contribution in [2.75, 3.05) is 26.7 Å². The molecule has 110 valence electrons. The van der Waals surface area contributed by atoms with Gasteiger partial charge in [0.15, 0.2) is 17.4 Å². The van der Waals surface area contributed by atoms with Crippen molar-refractivity contribution < 1.29 is 18.3 Å². The van der Waals surface area contributed by atoms with Crippen LogP contribution in [0.1, 0.15) is 29.6 Å². The highest BCUT2D eigenvalue weighted by atomic mass is 19.2. The van der Waals surface area contributed by atoms with Crippen LogP contribution in [0.3, 0.4) is 0 Å². The van der Waals surface area contributed by atoms with Crippen LogP contribution < -0.4 is 0 Å². The molecular formula is C15H19F2NO2. The number of piperidine rings is 1. The van der Waals surface area contributed by atoms with Crippen LogP contribution in [0.4, 0.5) is 8.78 Å². The number of rotatable bonds is 5. The van der Waals surface area contributed by atoms with Crippen LogP contribution in [0.15, 0.2) is 18.2 Å². The smallest absolute Gasteiger partial charge is 0.169 e. The number of nitrogens with zero attached hydrogens (tertiary/aromatic N) is 1. The first kappa shape index (κ1) is 15.1. The van der Waals surface area contributed by atoms with Gasteiger partial charge < -0.3 is 9.64 Å². The van der Waals surface area contributed by atoms with Gasteiger partial charge in [0.1, 0.15) is 0 Å². The number of Topliss-reactive ketones (excluding diaryl/α,β-unsaturated/α-hetero) is 1. The molecule has 0 bridgehead atoms. The van der Waals surface area contributed by atoms with E-state index in [1.165, 1.54) is 12.1 Å². The summed E-state index contributed by atoms with van der Waals surface area (Å²) in [5.41, 5.74) is -0.156. The van der Waals surface area contributed by atoms with Crippen molar-refractivity contribution in [2.24, 2.45) is 0 Å². The third-order valence-electron chi connectivity index (χ3n) is 3.78. The van der Waals surface area contributed by atoms with Crippen molar-refractivity contribution in [3.63, 3.8) is 0 Å². The molecule has 20 heavy (non-hydrogen) atoms. The lowest BCUT2D eigenvalue weighted by atomic mass is 10.0. The van der Waals surface area contributed by atoms with Crippen molar-refractivity contribution in [1.82, 2.24) is 4.90 Å². The number of methoxy groups -OCH3 is 1. The minimum absolute atomic E-state index is 0.156. The van der Waals surface area contributed by atoms with Gasteiger partial charge in [-0.1, -0.05) is 6.07 Å². The van der Waals surface area contributed by atoms with Gasteiger partial charge in [-0.2, -0.15) is 0 Å². The number of carbonyl (C=O) groups is 1. The van der Waals surface area contributed by atoms with Gasteiger partial charge in [-0.15, -0.1) is 0 Å². The third-order valence-corrected chi connectivity index (χ3v) is 3.78. The summed E-state index contributed by atoms with van der Waals surface area (Å²) in [5.74, 6) is -2.37. The van der Waals surface area contributed by atoms with Gasteiger partial charge in [0.25, 0.3) is 0 Å². The van der Waals surface area contributed by atoms with Gasteiger partial charge in [-0.25, -0.2) is 8.78 Å². The fourth-order valence-electron chi connectivity index (χ4n) is 2.48. The van der Waals surface area contributed by atoms with Gasteiger partial charge in [0.2, 0.25) is 0 Å². The van der Waals surface area contributed by atoms with E-state index in [4.69, 9.17) is 4.74 Å². The standard InChI is InChI=1S/C15H19F2NO2/c1-20-11-5-8-18(9-6-11)10-7-14(19)12-3-2-4-13(16)15(12)17/h2-4,11H,5-10H2,1H3. The SMILES string of the molecule is COC1CCN(CCC(=O)c2cccc(F)c2F)CC1. The Kier molecular flexibility index (Phi) is 5.20. The Morgan fingerprint density at radius 3 is 2.70 bits per heavy atom. The van der Waals surface area contributed by atoms with E-state index in [0.29, 0.717) is 12.6 Å². The molecule has 0 spiro atoms. The molecule has 0 aromatic heterocycles. The highest BCUT2D eigenvalue weighted by molar-refractivity contribution is 5.96. The topological polar surface area (TPSA) is 29.5 Å². The minimum atomic E-state index is -1.05. The van der Waals surface area contributed by atoms with Crippen LogP contribution >= 0.6 is 0 Å². The van der Waals surface area contributed by atoms with Crippen LogP contribution in [0.25, 0.3) is 0 Å². The maximum Gasteiger partial charge on any atom is 0.169 e. The average molecular weight is 283 g/mol. The largest absolute Gasteiger partial charge is 0.381 e. The summed E-state index contributed by atoms with van der Waals surface area (Å²) in [6.07, 6.45) is 2.39. The maximum atomic E-state index is 13.5. The second kappa shape index (κ2) is 6.90. The van der Waals surface area contributed by atoms with E-state index >= 15 is 0 Å². The Morgan fingerprint density at radius 2 is 2.05 bits per heavy atom. The molecule has 1 fully saturated rings. The minimum Gasteiger partial charge on any atom is -0.381 e. The summed E-state index contributed by atoms with van der Waals surface area (Å²) in [5, 5.41) is 0. The van der Waals surface area contributed by atoms with Crippen molar-refractivity contribution >= 4 is 5.78 Å². The molecule has 0 saturated carbocycles. The number of likely N-dealkylation sites (tertiary alicyclic amines) is 1. The molecule has 1 aliphatic rings. The predicted molar refractivity (Wildman–Crippen MR) is 71.8 cm³/mol. The molecule has 2 rings (SSSR count). The number of hydrogen-bond donors (Lipinski definition) is 0. The highest BCUT2D eigenvalue weighted by Gasteiger charge is 2.20. The molecule has 3 nitrogen and oxygen atoms in total. The van der Waals surface area contributed by atoms with Gasteiger partial charge in [-0.3, -0.25) is 4.79 Å². The van der Waals surface area contributed by atoms with Gasteiger partial charge in [0.05, 0.1) is 11.7 Å². The quantitative estimate of drug-likeness (QED) is 0.778. The first-order valence-corrected chi connectivity index (χ1v) is 6.84. The Bertz CT molecular complexity index is 471. The molecule has 1 heterocycles. The molecule has 0 aliphatic carbocycles. The summed E-state index contributed by atoms with van der Waals surface area (Å²) in [6, 6.07) is 3.70. The van der Waals surface area contributed by atoms with Crippen molar-refractivity contribution in [3.8, 4) is 0 Å². The zero-order valence-corrected chi connectivity index (χ0v) is 11.6. The molecule has 0 atom stereocenters. The van der Waals surface area contributed by atoms with Crippen molar-refractivity contribution in [2.45, 2.75) is 25.4 Å². The number of halogens is 2. The molecule has 0 amide bonds. The Morgan fingerprint density at radius 1 is 1.35 bits per heavy atom. The fraction of sp³-hybridized carbons (Fsp3) is 0.533. The molecule has 0 N–H and O–H groups in total. The summed E-state index contributed by atoms with van der Waals surface area (Å²) in [6.45, 7) is 2.32. The second-order valence-electron chi connectivity index (χ2n) is 5.05. The number of hydrogen-bond acceptors (Lipinski definition) is 3. The van der Waals surface area contributed by atoms with Crippen LogP contribution in [-0.4, -0.2) is 43.5 Å². The van der Waals surface area contributed by atoms with Crippen molar-refractivity contribution in [3.05, 3.63) is 35.4 Å². The lowest BCUT2D eigenvalue weighted by Gasteiger charge is -2.30. The molecular weight excluding hydrogens is 264 g/mol. The van der Waals surface area contributed by atoms with E-state index in [9.17, 15) is 13.6 Å². The zero-order chi connectivity index (χ0) is 14.5. The van der Waals surface area contributed by atoms with Crippen LogP contribution in [0, 0.1) is 11.6 Å². The van der Waals surface area contributed by atoms with E-state index in [-0.39, 0.29) is 17.8 Å². The fourth-order valence-corrected chi connectivity index (χ4v) is 2.48. The van der Waals surface area contributed by atoms with E-state index in [2.05, 4.69) is 4.90 Å². The molecule has 1 saturated heterocycles. The number of ketones is 1. The molecule has 1 aromatic carbocycles. The zero-order valence-electron chi connectivity index (χ0n) is 11.6. The van der Waals surface area contributed by atoms with Crippen molar-refractivity contribution in [1.29, 1.82) is 0 Å². The Hall–Kier alpha value is -1.33. The van der Waals surface area contributed by atoms with Gasteiger partial charge >= 0.3 is 0 Å². The molecule has 1 aliphatic heterocycles. The molecule has 5 heteroatoms. The monoisotopic (exact) mass is 283 g/mol. The average Bonchev–Trinajstić information content (AvgIpc) is 2.48. The van der Waals surface area contributed by atoms with E-state index in [0.717, 1.165) is 32.0 Å². The van der Waals surface area contributed by atoms with E-state index < -0.39 is 11.6 Å². The first-order chi connectivity index (χ1) is 9.61. The van der Waals surface area contributed by atoms with Gasteiger partial charge in [-0.05, 0) is 25.0 Å². The lowest BCUT2D eigenvalue weighted by Crippen LogP contribution is -2.37. The number of ether oxygens (including phenoxy) is 1. The molecule has 0 unspecified atom stereocenters. The normalized spacial score (nSPS) is 17.4. The second-order valence-corrected chi connectivity index (χ2v) is 5.05. The summed E-state index contributed by atoms with van der Waals surface area (Å²) in [4.78, 5) is 14.1. The van der Waals surface area contributed by atoms with E-state index in [1.54, 1.807) is 7.11 Å². The Labute approximate surface area is 117 Å². The molecule has 0 radical (unpaired) electrons. The van der Waals surface area contributed by atoms with Crippen LogP contribution in [0.2, 0.25) is 0 Å². The number of benzene rings is 1. The van der Waals surface area contributed by atoms with E-state index in [1.807, 2.05) is 0 Å². The maximum absolute atomic E-state index is 13.5. The number of carbonyl (C=O) groups excluding carboxylic acids is 1. The lowest BCUT2D eigenvalue weighted by molar-refractivity contribution is 0.0406. The predicted octanol–water partition coefficient (Wildman–Crippen LogP) is 2.65. The van der Waals surface area contributed by atoms with Gasteiger partial charge in [0, 0.05) is 33.2 Å². The summed E-state index contributed by atoms with van der Waals surface area (Å²) < 4.78 is 31.8. The third kappa shape index (κ3) is 3.61. The Balaban J connectivity index is 1.85. The first-order valence-electron chi connectivity index (χ1n) is 6.84. The van der Waals surface area contributed by atoms with Crippen LogP contribution in [0.5, 0.6) is 0 Å².